The molecule has 0 fully saturated rings. The van der Waals surface area contributed by atoms with E-state index in [1.807, 2.05) is 22.9 Å². The Morgan fingerprint density at radius 1 is 1.00 bits per heavy atom. The summed E-state index contributed by atoms with van der Waals surface area (Å²) in [6.07, 6.45) is -2.45. The average Bonchev–Trinajstić information content (AvgIpc) is 2.89. The highest BCUT2D eigenvalue weighted by atomic mass is 19.4. The first-order valence-electron chi connectivity index (χ1n) is 6.62. The lowest BCUT2D eigenvalue weighted by atomic mass is 10.1. The topological polar surface area (TPSA) is 28.7 Å². The Morgan fingerprint density at radius 2 is 1.73 bits per heavy atom. The lowest BCUT2D eigenvalue weighted by Crippen LogP contribution is -2.05. The van der Waals surface area contributed by atoms with Gasteiger partial charge in [0.2, 0.25) is 0 Å². The van der Waals surface area contributed by atoms with Gasteiger partial charge in [0.15, 0.2) is 0 Å². The van der Waals surface area contributed by atoms with Gasteiger partial charge in [0.1, 0.15) is 0 Å². The molecule has 0 saturated carbocycles. The zero-order chi connectivity index (χ0) is 15.7. The Hall–Kier alpha value is -2.74. The van der Waals surface area contributed by atoms with Crippen molar-refractivity contribution in [3.05, 3.63) is 71.4 Å². The number of rotatable bonds is 2. The summed E-state index contributed by atoms with van der Waals surface area (Å²) < 4.78 is 39.6. The van der Waals surface area contributed by atoms with Crippen LogP contribution in [0.3, 0.4) is 0 Å². The quantitative estimate of drug-likeness (QED) is 0.681. The lowest BCUT2D eigenvalue weighted by Gasteiger charge is -2.09. The van der Waals surface area contributed by atoms with E-state index < -0.39 is 11.7 Å². The maximum absolute atomic E-state index is 12.6. The van der Waals surface area contributed by atoms with Crippen LogP contribution in [0.1, 0.15) is 16.7 Å². The van der Waals surface area contributed by atoms with E-state index in [1.165, 1.54) is 12.1 Å². The number of hydrogen-bond acceptors (Lipinski definition) is 1. The van der Waals surface area contributed by atoms with Crippen LogP contribution in [0.25, 0.3) is 10.9 Å². The maximum atomic E-state index is 12.6. The van der Waals surface area contributed by atoms with Gasteiger partial charge >= 0.3 is 6.18 Å². The molecular weight excluding hydrogens is 289 g/mol. The van der Waals surface area contributed by atoms with Gasteiger partial charge in [0.05, 0.1) is 17.2 Å². The number of alkyl halides is 3. The minimum absolute atomic E-state index is 0.455. The maximum Gasteiger partial charge on any atom is 0.416 e. The Balaban J connectivity index is 1.92. The van der Waals surface area contributed by atoms with Gasteiger partial charge in [-0.05, 0) is 41.3 Å². The molecule has 0 bridgehead atoms. The molecule has 0 N–H and O–H groups in total. The number of hydrogen-bond donors (Lipinski definition) is 0. The monoisotopic (exact) mass is 300 g/mol. The van der Waals surface area contributed by atoms with E-state index in [0.29, 0.717) is 12.1 Å². The second kappa shape index (κ2) is 5.23. The first kappa shape index (κ1) is 14.2. The molecule has 5 heteroatoms. The van der Waals surface area contributed by atoms with E-state index in [1.54, 1.807) is 12.1 Å². The third-order valence-corrected chi connectivity index (χ3v) is 3.54. The fourth-order valence-corrected chi connectivity index (χ4v) is 2.39. The highest BCUT2D eigenvalue weighted by Gasteiger charge is 2.29. The SMILES string of the molecule is N#Cc1ccc2ccn(Cc3ccc(C(F)(F)F)cc3)c2c1. The fraction of sp³-hybridized carbons (Fsp3) is 0.118. The summed E-state index contributed by atoms with van der Waals surface area (Å²) in [5, 5.41) is 9.95. The highest BCUT2D eigenvalue weighted by molar-refractivity contribution is 5.81. The first-order valence-corrected chi connectivity index (χ1v) is 6.62. The third kappa shape index (κ3) is 2.68. The van der Waals surface area contributed by atoms with Crippen LogP contribution in [0, 0.1) is 11.3 Å². The molecule has 0 radical (unpaired) electrons. The summed E-state index contributed by atoms with van der Waals surface area (Å²) in [4.78, 5) is 0. The van der Waals surface area contributed by atoms with Crippen molar-refractivity contribution in [1.29, 1.82) is 5.26 Å². The van der Waals surface area contributed by atoms with Gasteiger partial charge in [-0.15, -0.1) is 0 Å². The summed E-state index contributed by atoms with van der Waals surface area (Å²) in [6, 6.07) is 14.5. The van der Waals surface area contributed by atoms with E-state index in [2.05, 4.69) is 6.07 Å². The van der Waals surface area contributed by atoms with Crippen molar-refractivity contribution in [2.24, 2.45) is 0 Å². The first-order chi connectivity index (χ1) is 10.5. The molecule has 0 atom stereocenters. The molecule has 2 aromatic carbocycles. The predicted octanol–water partition coefficient (Wildman–Crippen LogP) is 4.58. The van der Waals surface area contributed by atoms with Crippen molar-refractivity contribution < 1.29 is 13.2 Å². The smallest absolute Gasteiger partial charge is 0.343 e. The van der Waals surface area contributed by atoms with Crippen LogP contribution in [-0.2, 0) is 12.7 Å². The number of aromatic nitrogens is 1. The molecule has 0 aliphatic carbocycles. The number of halogens is 3. The van der Waals surface area contributed by atoms with E-state index in [9.17, 15) is 13.2 Å². The molecule has 0 saturated heterocycles. The van der Waals surface area contributed by atoms with Crippen LogP contribution in [0.2, 0.25) is 0 Å². The van der Waals surface area contributed by atoms with E-state index >= 15 is 0 Å². The third-order valence-electron chi connectivity index (χ3n) is 3.54. The van der Waals surface area contributed by atoms with Gasteiger partial charge < -0.3 is 4.57 Å². The van der Waals surface area contributed by atoms with Gasteiger partial charge in [-0.2, -0.15) is 18.4 Å². The summed E-state index contributed by atoms with van der Waals surface area (Å²) in [7, 11) is 0. The molecule has 1 heterocycles. The van der Waals surface area contributed by atoms with Gasteiger partial charge in [-0.1, -0.05) is 18.2 Å². The Kier molecular flexibility index (Phi) is 3.38. The average molecular weight is 300 g/mol. The zero-order valence-electron chi connectivity index (χ0n) is 11.4. The van der Waals surface area contributed by atoms with Gasteiger partial charge in [-0.3, -0.25) is 0 Å². The van der Waals surface area contributed by atoms with E-state index in [4.69, 9.17) is 5.26 Å². The molecular formula is C17H11F3N2. The van der Waals surface area contributed by atoms with Crippen molar-refractivity contribution in [3.63, 3.8) is 0 Å². The molecule has 3 rings (SSSR count). The summed E-state index contributed by atoms with van der Waals surface area (Å²) >= 11 is 0. The molecule has 1 aromatic heterocycles. The van der Waals surface area contributed by atoms with E-state index in [0.717, 1.165) is 28.6 Å². The van der Waals surface area contributed by atoms with Crippen LogP contribution in [-0.4, -0.2) is 4.57 Å². The molecule has 0 amide bonds. The zero-order valence-corrected chi connectivity index (χ0v) is 11.4. The molecule has 22 heavy (non-hydrogen) atoms. The molecule has 0 spiro atoms. The van der Waals surface area contributed by atoms with Crippen molar-refractivity contribution in [2.75, 3.05) is 0 Å². The highest BCUT2D eigenvalue weighted by Crippen LogP contribution is 2.29. The fourth-order valence-electron chi connectivity index (χ4n) is 2.39. The Bertz CT molecular complexity index is 852. The standard InChI is InChI=1S/C17H11F3N2/c18-17(19,20)15-5-2-12(3-6-15)11-22-8-7-14-4-1-13(10-21)9-16(14)22/h1-9H,11H2. The Labute approximate surface area is 125 Å². The van der Waals surface area contributed by atoms with Crippen LogP contribution in [0.5, 0.6) is 0 Å². The second-order valence-corrected chi connectivity index (χ2v) is 5.02. The number of nitrogens with zero attached hydrogens (tertiary/aromatic N) is 2. The minimum atomic E-state index is -4.32. The van der Waals surface area contributed by atoms with Crippen LogP contribution in [0.4, 0.5) is 13.2 Å². The molecule has 0 aliphatic heterocycles. The predicted molar refractivity (Wildman–Crippen MR) is 77.2 cm³/mol. The molecule has 0 unspecified atom stereocenters. The van der Waals surface area contributed by atoms with Crippen molar-refractivity contribution in [2.45, 2.75) is 12.7 Å². The van der Waals surface area contributed by atoms with E-state index in [-0.39, 0.29) is 0 Å². The lowest BCUT2D eigenvalue weighted by molar-refractivity contribution is -0.137. The number of fused-ring (bicyclic) bond motifs is 1. The molecule has 3 aromatic rings. The van der Waals surface area contributed by atoms with Crippen LogP contribution < -0.4 is 0 Å². The van der Waals surface area contributed by atoms with Crippen LogP contribution in [0.15, 0.2) is 54.7 Å². The summed E-state index contributed by atoms with van der Waals surface area (Å²) in [5.41, 5.74) is 1.56. The van der Waals surface area contributed by atoms with Gasteiger partial charge in [0.25, 0.3) is 0 Å². The molecule has 0 aliphatic rings. The van der Waals surface area contributed by atoms with Crippen molar-refractivity contribution in [1.82, 2.24) is 4.57 Å². The molecule has 110 valence electrons. The van der Waals surface area contributed by atoms with Crippen molar-refractivity contribution in [3.8, 4) is 6.07 Å². The summed E-state index contributed by atoms with van der Waals surface area (Å²) in [5.74, 6) is 0. The largest absolute Gasteiger partial charge is 0.416 e. The van der Waals surface area contributed by atoms with Crippen molar-refractivity contribution >= 4 is 10.9 Å². The molecule has 2 nitrogen and oxygen atoms in total. The van der Waals surface area contributed by atoms with Gasteiger partial charge in [-0.25, -0.2) is 0 Å². The number of benzene rings is 2. The van der Waals surface area contributed by atoms with Crippen LogP contribution >= 0.6 is 0 Å². The Morgan fingerprint density at radius 3 is 2.36 bits per heavy atom. The second-order valence-electron chi connectivity index (χ2n) is 5.02. The number of nitriles is 1. The normalized spacial score (nSPS) is 11.5. The summed E-state index contributed by atoms with van der Waals surface area (Å²) in [6.45, 7) is 0.455. The van der Waals surface area contributed by atoms with Gasteiger partial charge in [0, 0.05) is 18.3 Å². The minimum Gasteiger partial charge on any atom is -0.343 e.